The number of carbonyl (C=O) groups excluding carboxylic acids is 1. The lowest BCUT2D eigenvalue weighted by Gasteiger charge is -2.49. The van der Waals surface area contributed by atoms with E-state index in [1.165, 1.54) is 0 Å². The van der Waals surface area contributed by atoms with E-state index >= 15 is 0 Å². The Morgan fingerprint density at radius 2 is 1.59 bits per heavy atom. The van der Waals surface area contributed by atoms with Crippen LogP contribution in [0.5, 0.6) is 0 Å². The van der Waals surface area contributed by atoms with Crippen molar-refractivity contribution >= 4 is 50.7 Å². The minimum absolute atomic E-state index is 0.00412. The van der Waals surface area contributed by atoms with Crippen LogP contribution in [0.25, 0.3) is 12.2 Å². The molecule has 15 nitrogen and oxygen atoms in total. The molecule has 8 bridgehead atoms. The molecule has 0 unspecified atom stereocenters. The highest BCUT2D eigenvalue weighted by atomic mass is 79.9. The standard InChI is InChI=1S/C69H105BrN2O13Si2/c1-43(2)87(44(3)4,45(5)6)85-62(33-46(7)28-29-52(74-15)24-22-30-70)61-38-57(75-16)39-69(76-17,83-61)40-64-71-51(41-77-64)34-48(9)66-50(11)67-49(10)59(81-66)25-21-26-63-72-58(42-78-63)60-37-56(84-86(18,19)68(12,13)14)36-55(80-60)35-54-32-47(8)31-53(79-54)23-20-27-65(73)82-67/h20-21,26-29,33-34,41-45,49-50,52-57,59-62,66-67H,8,23-25,31-32,35-40H2,1-7,9-19H3/b26-21+,27-20-,29-28+,46-33+,48-34+/t49-,50-,52+,53-,54+,55+,56+,57+,59+,60+,61+,62-,66-,67-,69-/m0/s1. The molecule has 4 fully saturated rings. The van der Waals surface area contributed by atoms with E-state index in [-0.39, 0.29) is 72.1 Å². The summed E-state index contributed by atoms with van der Waals surface area (Å²) in [6, 6.07) is 0. The van der Waals surface area contributed by atoms with Crippen LogP contribution in [0.2, 0.25) is 34.8 Å². The third kappa shape index (κ3) is 18.4. The Kier molecular flexibility index (Phi) is 25.4. The number of esters is 1. The molecular formula is C69H105BrN2O13Si2. The average molecular weight is 1310 g/mol. The van der Waals surface area contributed by atoms with Gasteiger partial charge in [0.2, 0.25) is 14.2 Å². The van der Waals surface area contributed by atoms with Crippen molar-refractivity contribution in [3.63, 3.8) is 0 Å². The number of halogens is 1. The largest absolute Gasteiger partial charge is 0.458 e. The van der Waals surface area contributed by atoms with Crippen LogP contribution in [0.15, 0.2) is 81.1 Å². The van der Waals surface area contributed by atoms with Gasteiger partial charge in [-0.05, 0) is 103 Å². The molecule has 2 aromatic heterocycles. The number of aromatic nitrogens is 2. The summed E-state index contributed by atoms with van der Waals surface area (Å²) in [4.78, 5) is 26.7. The van der Waals surface area contributed by atoms with Crippen LogP contribution in [0.1, 0.15) is 183 Å². The fourth-order valence-electron chi connectivity index (χ4n) is 13.9. The van der Waals surface area contributed by atoms with Crippen LogP contribution in [-0.4, -0.2) is 127 Å². The maximum Gasteiger partial charge on any atom is 0.330 e. The molecule has 87 heavy (non-hydrogen) atoms. The summed E-state index contributed by atoms with van der Waals surface area (Å²) in [5.74, 6) is 2.04. The zero-order chi connectivity index (χ0) is 63.6. The van der Waals surface area contributed by atoms with Gasteiger partial charge >= 0.3 is 5.97 Å². The Balaban J connectivity index is 1.14. The van der Waals surface area contributed by atoms with Gasteiger partial charge in [0.15, 0.2) is 20.0 Å². The topological polar surface area (TPSA) is 161 Å². The summed E-state index contributed by atoms with van der Waals surface area (Å²) in [6.45, 7) is 37.9. The van der Waals surface area contributed by atoms with E-state index < -0.39 is 52.8 Å². The first-order valence-corrected chi connectivity index (χ1v) is 37.8. The third-order valence-corrected chi connectivity index (χ3v) is 30.3. The molecule has 0 saturated carbocycles. The van der Waals surface area contributed by atoms with Crippen molar-refractivity contribution in [2.75, 3.05) is 21.3 Å². The van der Waals surface area contributed by atoms with Gasteiger partial charge in [0.25, 0.3) is 0 Å². The second-order valence-corrected chi connectivity index (χ2v) is 38.4. The molecule has 0 N–H and O–H groups in total. The molecule has 7 rings (SSSR count). The zero-order valence-corrected chi connectivity index (χ0v) is 59.2. The molecule has 0 spiro atoms. The van der Waals surface area contributed by atoms with E-state index in [4.69, 9.17) is 65.5 Å². The third-order valence-electron chi connectivity index (χ3n) is 19.4. The molecule has 5 aliphatic heterocycles. The highest BCUT2D eigenvalue weighted by Crippen LogP contribution is 2.47. The fraction of sp³-hybridized carbons (Fsp3) is 0.696. The van der Waals surface area contributed by atoms with E-state index in [0.717, 1.165) is 41.7 Å². The predicted octanol–water partition coefficient (Wildman–Crippen LogP) is 16.1. The van der Waals surface area contributed by atoms with Crippen LogP contribution in [0.4, 0.5) is 0 Å². The van der Waals surface area contributed by atoms with Crippen molar-refractivity contribution in [2.24, 2.45) is 11.8 Å². The second kappa shape index (κ2) is 31.2. The molecule has 0 aliphatic carbocycles. The number of allylic oxidation sites excluding steroid dienone is 2. The summed E-state index contributed by atoms with van der Waals surface area (Å²) in [5, 5.41) is 0.0526. The first-order chi connectivity index (χ1) is 41.1. The fourth-order valence-corrected chi connectivity index (χ4v) is 20.9. The van der Waals surface area contributed by atoms with Crippen molar-refractivity contribution < 1.29 is 60.4 Å². The van der Waals surface area contributed by atoms with Gasteiger partial charge in [-0.2, -0.15) is 0 Å². The quantitative estimate of drug-likeness (QED) is 0.0429. The van der Waals surface area contributed by atoms with Gasteiger partial charge in [-0.3, -0.25) is 0 Å². The SMILES string of the molecule is C=C1C[C@@H]2C[C@@H]3C[C@@H](O[Si](C)(C)C(C)(C)C)C[C@@H](O3)c3coc(n3)/C=C/C[C@H]3O[C@@H](/C(C)=C/c4coc(C[C@]5(OC)C[C@H](OC)C[C@H]([C@H](/C=C(C)/C=C/[C@@H](CC#CBr)OC)O[Si](C(C)C)(C(C)C)C(C)C)O5)n4)[C@H](C)[C@@H](OC(=O)/C=C\C[C@@H](C1)O2)[C@H]3C. The van der Waals surface area contributed by atoms with Crippen molar-refractivity contribution in [2.45, 2.75) is 274 Å². The maximum absolute atomic E-state index is 13.9. The average Bonchev–Trinajstić information content (AvgIpc) is 2.23. The highest BCUT2D eigenvalue weighted by Gasteiger charge is 2.52. The first kappa shape index (κ1) is 70.9. The number of oxazole rings is 2. The van der Waals surface area contributed by atoms with E-state index in [0.29, 0.717) is 79.0 Å². The van der Waals surface area contributed by atoms with Gasteiger partial charge in [0.1, 0.15) is 36.1 Å². The molecule has 484 valence electrons. The Morgan fingerprint density at radius 3 is 2.25 bits per heavy atom. The minimum Gasteiger partial charge on any atom is -0.458 e. The molecule has 18 heteroatoms. The smallest absolute Gasteiger partial charge is 0.330 e. The van der Waals surface area contributed by atoms with Crippen molar-refractivity contribution in [1.82, 2.24) is 9.97 Å². The van der Waals surface area contributed by atoms with Crippen molar-refractivity contribution in [3.05, 3.63) is 95.4 Å². The lowest BCUT2D eigenvalue weighted by Crippen LogP contribution is -2.57. The molecule has 5 aliphatic rings. The van der Waals surface area contributed by atoms with Crippen molar-refractivity contribution in [3.8, 4) is 10.8 Å². The second-order valence-electron chi connectivity index (χ2n) is 27.8. The Labute approximate surface area is 532 Å². The van der Waals surface area contributed by atoms with E-state index in [2.05, 4.69) is 142 Å². The van der Waals surface area contributed by atoms with Crippen LogP contribution < -0.4 is 0 Å². The Hall–Kier alpha value is -3.56. The number of nitrogens with zero attached hydrogens (tertiary/aromatic N) is 2. The minimum atomic E-state index is -2.45. The lowest BCUT2D eigenvalue weighted by molar-refractivity contribution is -0.297. The number of hydrogen-bond acceptors (Lipinski definition) is 15. The number of ether oxygens (including phenoxy) is 8. The molecular weight excluding hydrogens is 1200 g/mol. The van der Waals surface area contributed by atoms with E-state index in [1.54, 1.807) is 39.9 Å². The highest BCUT2D eigenvalue weighted by molar-refractivity contribution is 9.12. The number of rotatable bonds is 19. The normalized spacial score (nSPS) is 31.7. The van der Waals surface area contributed by atoms with Crippen LogP contribution in [0.3, 0.4) is 0 Å². The van der Waals surface area contributed by atoms with Gasteiger partial charge in [-0.25, -0.2) is 14.8 Å². The van der Waals surface area contributed by atoms with Gasteiger partial charge in [0.05, 0.1) is 67.5 Å². The summed E-state index contributed by atoms with van der Waals surface area (Å²) in [7, 11) is 0.548. The van der Waals surface area contributed by atoms with E-state index in [9.17, 15) is 4.79 Å². The number of carbonyl (C=O) groups is 1. The summed E-state index contributed by atoms with van der Waals surface area (Å²) >= 11 is 3.21. The maximum atomic E-state index is 13.9. The van der Waals surface area contributed by atoms with Crippen LogP contribution in [0, 0.1) is 22.6 Å². The molecule has 7 heterocycles. The summed E-state index contributed by atoms with van der Waals surface area (Å²) < 4.78 is 79.8. The van der Waals surface area contributed by atoms with Gasteiger partial charge in [-0.15, -0.1) is 0 Å². The van der Waals surface area contributed by atoms with Gasteiger partial charge in [0, 0.05) is 87.3 Å². The molecule has 2 aromatic rings. The summed E-state index contributed by atoms with van der Waals surface area (Å²) in [6.07, 6.45) is 22.4. The predicted molar refractivity (Wildman–Crippen MR) is 351 cm³/mol. The summed E-state index contributed by atoms with van der Waals surface area (Å²) in [5.41, 5.74) is 5.41. The van der Waals surface area contributed by atoms with Gasteiger partial charge in [-0.1, -0.05) is 130 Å². The van der Waals surface area contributed by atoms with Gasteiger partial charge < -0.3 is 55.6 Å². The zero-order valence-electron chi connectivity index (χ0n) is 55.7. The lowest BCUT2D eigenvalue weighted by atomic mass is 9.79. The molecule has 0 radical (unpaired) electrons. The number of hydrogen-bond donors (Lipinski definition) is 0. The van der Waals surface area contributed by atoms with Crippen molar-refractivity contribution in [1.29, 1.82) is 0 Å². The van der Waals surface area contributed by atoms with Crippen LogP contribution in [-0.2, 0) is 58.0 Å². The molecule has 0 amide bonds. The number of fused-ring (bicyclic) bond motifs is 9. The van der Waals surface area contributed by atoms with E-state index in [1.807, 2.05) is 37.3 Å². The monoisotopic (exact) mass is 1300 g/mol. The molecule has 0 aromatic carbocycles. The molecule has 4 saturated heterocycles. The Morgan fingerprint density at radius 1 is 0.874 bits per heavy atom. The number of methoxy groups -OCH3 is 3. The van der Waals surface area contributed by atoms with Crippen LogP contribution >= 0.6 is 15.9 Å². The Bertz CT molecular complexity index is 2780. The first-order valence-electron chi connectivity index (χ1n) is 32.0. The molecule has 15 atom stereocenters.